The Hall–Kier alpha value is -6.38. The van der Waals surface area contributed by atoms with E-state index in [-0.39, 0.29) is 0 Å². The number of rotatable bonds is 4. The van der Waals surface area contributed by atoms with E-state index in [0.717, 1.165) is 27.6 Å². The van der Waals surface area contributed by atoms with Gasteiger partial charge in [-0.25, -0.2) is 4.98 Å². The van der Waals surface area contributed by atoms with Gasteiger partial charge in [0.2, 0.25) is 0 Å². The van der Waals surface area contributed by atoms with E-state index in [1.165, 1.54) is 80.9 Å². The van der Waals surface area contributed by atoms with Gasteiger partial charge in [-0.1, -0.05) is 170 Å². The summed E-state index contributed by atoms with van der Waals surface area (Å²) in [6.45, 7) is 0. The van der Waals surface area contributed by atoms with Gasteiger partial charge in [-0.2, -0.15) is 0 Å². The minimum Gasteiger partial charge on any atom is -0.292 e. The van der Waals surface area contributed by atoms with E-state index in [4.69, 9.17) is 16.8 Å². The summed E-state index contributed by atoms with van der Waals surface area (Å²) in [5.41, 5.74) is 6.57. The summed E-state index contributed by atoms with van der Waals surface area (Å²) in [5.74, 6) is 0. The van der Waals surface area contributed by atoms with Crippen molar-refractivity contribution in [1.29, 1.82) is 0 Å². The third kappa shape index (κ3) is 4.37. The van der Waals surface area contributed by atoms with Crippen molar-refractivity contribution < 1.29 is 0 Å². The Balaban J connectivity index is 1.18. The molecule has 0 aliphatic carbocycles. The van der Waals surface area contributed by atoms with E-state index in [1.807, 2.05) is 0 Å². The molecule has 0 aliphatic rings. The predicted octanol–water partition coefficient (Wildman–Crippen LogP) is 12.3. The van der Waals surface area contributed by atoms with Gasteiger partial charge in [0, 0.05) is 22.2 Å². The van der Waals surface area contributed by atoms with Crippen LogP contribution in [-0.2, 0) is 11.8 Å². The summed E-state index contributed by atoms with van der Waals surface area (Å²) in [6.07, 6.45) is 0. The Kier molecular flexibility index (Phi) is 6.52. The molecule has 10 aromatic carbocycles. The molecule has 12 rings (SSSR count). The van der Waals surface area contributed by atoms with Crippen molar-refractivity contribution >= 4 is 115 Å². The van der Waals surface area contributed by atoms with Crippen LogP contribution < -0.4 is 15.9 Å². The zero-order chi connectivity index (χ0) is 36.3. The second-order valence-corrected chi connectivity index (χ2v) is 19.0. The quantitative estimate of drug-likeness (QED) is 0.132. The van der Waals surface area contributed by atoms with Crippen LogP contribution in [0.1, 0.15) is 0 Å². The number of pyridine rings is 1. The first kappa shape index (κ1) is 31.0. The van der Waals surface area contributed by atoms with Gasteiger partial charge >= 0.3 is 0 Å². The van der Waals surface area contributed by atoms with Gasteiger partial charge in [0.05, 0.1) is 16.6 Å². The molecule has 0 amide bonds. The van der Waals surface area contributed by atoms with Crippen LogP contribution >= 0.6 is 6.04 Å². The Bertz CT molecular complexity index is 3510. The van der Waals surface area contributed by atoms with Crippen LogP contribution in [0.4, 0.5) is 0 Å². The monoisotopic (exact) mass is 734 g/mol. The predicted molar refractivity (Wildman–Crippen MR) is 240 cm³/mol. The summed E-state index contributed by atoms with van der Waals surface area (Å²) in [5, 5.41) is 17.3. The summed E-state index contributed by atoms with van der Waals surface area (Å²) in [4.78, 5) is 5.38. The molecule has 256 valence electrons. The molecule has 0 saturated carbocycles. The average Bonchev–Trinajstić information content (AvgIpc) is 3.65. The number of hydrogen-bond acceptors (Lipinski definition) is 2. The van der Waals surface area contributed by atoms with Gasteiger partial charge in [0.1, 0.15) is 5.65 Å². The van der Waals surface area contributed by atoms with E-state index < -0.39 is 6.04 Å². The van der Waals surface area contributed by atoms with Gasteiger partial charge in [0.25, 0.3) is 0 Å². The lowest BCUT2D eigenvalue weighted by molar-refractivity contribution is 1.32. The Morgan fingerprint density at radius 2 is 1.04 bits per heavy atom. The van der Waals surface area contributed by atoms with Gasteiger partial charge in [-0.3, -0.25) is 4.40 Å². The summed E-state index contributed by atoms with van der Waals surface area (Å²) < 4.78 is 2.39. The highest BCUT2D eigenvalue weighted by Gasteiger charge is 2.26. The molecule has 0 unspecified atom stereocenters. The second-order valence-electron chi connectivity index (χ2n) is 14.6. The largest absolute Gasteiger partial charge is 0.292 e. The molecule has 0 fully saturated rings. The first-order valence-corrected chi connectivity index (χ1v) is 21.5. The van der Waals surface area contributed by atoms with Crippen molar-refractivity contribution in [2.75, 3.05) is 0 Å². The number of imidazole rings is 1. The van der Waals surface area contributed by atoms with E-state index in [9.17, 15) is 0 Å². The Morgan fingerprint density at radius 3 is 1.82 bits per heavy atom. The topological polar surface area (TPSA) is 17.3 Å². The van der Waals surface area contributed by atoms with Gasteiger partial charge in [0.15, 0.2) is 0 Å². The first-order chi connectivity index (χ1) is 27.1. The number of nitrogens with zero attached hydrogens (tertiary/aromatic N) is 2. The van der Waals surface area contributed by atoms with Crippen molar-refractivity contribution in [3.05, 3.63) is 188 Å². The van der Waals surface area contributed by atoms with E-state index in [1.54, 1.807) is 0 Å². The highest BCUT2D eigenvalue weighted by molar-refractivity contribution is 8.25. The molecule has 0 atom stereocenters. The molecule has 0 N–H and O–H groups in total. The smallest absolute Gasteiger partial charge is 0.146 e. The molecule has 0 aliphatic heterocycles. The zero-order valence-corrected chi connectivity index (χ0v) is 31.4. The zero-order valence-electron chi connectivity index (χ0n) is 29.6. The summed E-state index contributed by atoms with van der Waals surface area (Å²) in [7, 11) is 0. The normalized spacial score (nSPS) is 12.4. The van der Waals surface area contributed by atoms with Gasteiger partial charge in [-0.05, 0) is 100 Å². The maximum atomic E-state index is 6.89. The van der Waals surface area contributed by atoms with E-state index in [2.05, 4.69) is 192 Å². The molecular formula is C51H31N2PS. The standard InChI is InChI=1S/C51H31N2PS/c55-54(37-13-3-1-4-14-37,38-15-5-2-6-16-38)39-24-29-46-44(31-39)50-41-17-8-7-10-32(41)20-27-43(50)51-52-45-28-23-36(30-47(45)53(46)51)40-25-21-35-19-18-33-11-9-12-34-22-26-42(40)49(35)48(33)34/h1-31H. The third-order valence-corrected chi connectivity index (χ3v) is 16.7. The molecule has 0 bridgehead atoms. The van der Waals surface area contributed by atoms with Crippen molar-refractivity contribution in [3.8, 4) is 11.1 Å². The van der Waals surface area contributed by atoms with Crippen LogP contribution in [0, 0.1) is 0 Å². The van der Waals surface area contributed by atoms with Crippen LogP contribution in [0.25, 0.3) is 92.6 Å². The average molecular weight is 735 g/mol. The lowest BCUT2D eigenvalue weighted by Gasteiger charge is -2.25. The number of fused-ring (bicyclic) bond motifs is 10. The third-order valence-electron chi connectivity index (χ3n) is 11.8. The van der Waals surface area contributed by atoms with E-state index >= 15 is 0 Å². The number of hydrogen-bond donors (Lipinski definition) is 0. The summed E-state index contributed by atoms with van der Waals surface area (Å²) >= 11 is 6.89. The first-order valence-electron chi connectivity index (χ1n) is 18.7. The lowest BCUT2D eigenvalue weighted by Crippen LogP contribution is -2.24. The molecule has 2 aromatic heterocycles. The highest BCUT2D eigenvalue weighted by Crippen LogP contribution is 2.46. The van der Waals surface area contributed by atoms with Crippen molar-refractivity contribution in [1.82, 2.24) is 9.38 Å². The van der Waals surface area contributed by atoms with Crippen LogP contribution in [-0.4, -0.2) is 9.38 Å². The molecule has 4 heteroatoms. The summed E-state index contributed by atoms with van der Waals surface area (Å²) in [6, 6.07) is 66.3. The minimum absolute atomic E-state index is 0.967. The Morgan fingerprint density at radius 1 is 0.400 bits per heavy atom. The molecule has 0 saturated heterocycles. The maximum Gasteiger partial charge on any atom is 0.146 e. The Labute approximate surface area is 322 Å². The molecule has 2 heterocycles. The molecule has 12 aromatic rings. The van der Waals surface area contributed by atoms with Gasteiger partial charge < -0.3 is 0 Å². The van der Waals surface area contributed by atoms with Gasteiger partial charge in [-0.15, -0.1) is 0 Å². The maximum absolute atomic E-state index is 6.89. The van der Waals surface area contributed by atoms with Crippen LogP contribution in [0.2, 0.25) is 0 Å². The van der Waals surface area contributed by atoms with Crippen molar-refractivity contribution in [2.45, 2.75) is 0 Å². The van der Waals surface area contributed by atoms with E-state index in [0.29, 0.717) is 0 Å². The lowest BCUT2D eigenvalue weighted by atomic mass is 9.90. The van der Waals surface area contributed by atoms with Crippen LogP contribution in [0.3, 0.4) is 0 Å². The second kappa shape index (κ2) is 11.6. The molecule has 0 radical (unpaired) electrons. The fourth-order valence-electron chi connectivity index (χ4n) is 9.24. The molecule has 55 heavy (non-hydrogen) atoms. The fraction of sp³-hybridized carbons (Fsp3) is 0. The minimum atomic E-state index is -2.40. The van der Waals surface area contributed by atoms with Crippen molar-refractivity contribution in [2.24, 2.45) is 0 Å². The molecule has 2 nitrogen and oxygen atoms in total. The van der Waals surface area contributed by atoms with Crippen LogP contribution in [0.15, 0.2) is 188 Å². The molecular weight excluding hydrogens is 704 g/mol. The number of aromatic nitrogens is 2. The fourth-order valence-corrected chi connectivity index (χ4v) is 13.0. The highest BCUT2D eigenvalue weighted by atomic mass is 32.4. The SMILES string of the molecule is S=P(c1ccccc1)(c1ccccc1)c1ccc2c(c1)c1c3ccccc3ccc1c1nc3ccc(-c4ccc5ccc6cccc7ccc4c5c67)cc3n21. The molecule has 0 spiro atoms. The van der Waals surface area contributed by atoms with Crippen molar-refractivity contribution in [3.63, 3.8) is 0 Å². The number of benzene rings is 10. The van der Waals surface area contributed by atoms with Crippen LogP contribution in [0.5, 0.6) is 0 Å².